The predicted octanol–water partition coefficient (Wildman–Crippen LogP) is 11.9. The zero-order chi connectivity index (χ0) is 28.1. The Bertz CT molecular complexity index is 2680. The average molecular weight is 551 g/mol. The van der Waals surface area contributed by atoms with Gasteiger partial charge in [0.1, 0.15) is 33.7 Å². The molecule has 3 heteroatoms. The van der Waals surface area contributed by atoms with Gasteiger partial charge in [0.25, 0.3) is 0 Å². The maximum Gasteiger partial charge on any atom is 0.146 e. The van der Waals surface area contributed by atoms with Gasteiger partial charge in [0.2, 0.25) is 0 Å². The van der Waals surface area contributed by atoms with E-state index in [9.17, 15) is 0 Å². The molecule has 0 N–H and O–H groups in total. The van der Waals surface area contributed by atoms with Gasteiger partial charge in [-0.25, -0.2) is 0 Å². The van der Waals surface area contributed by atoms with Crippen LogP contribution in [0.25, 0.3) is 98.8 Å². The molecule has 0 amide bonds. The highest BCUT2D eigenvalue weighted by Gasteiger charge is 2.22. The molecule has 0 saturated heterocycles. The summed E-state index contributed by atoms with van der Waals surface area (Å²) in [7, 11) is 0. The first-order chi connectivity index (χ1) is 21.3. The number of fused-ring (bicyclic) bond motifs is 10. The van der Waals surface area contributed by atoms with Crippen molar-refractivity contribution in [2.24, 2.45) is 0 Å². The molecule has 0 bridgehead atoms. The molecule has 0 unspecified atom stereocenters. The highest BCUT2D eigenvalue weighted by molar-refractivity contribution is 6.26. The normalized spacial score (nSPS) is 12.2. The molecular formula is C40H22O3. The number of benzene rings is 7. The van der Waals surface area contributed by atoms with Crippen LogP contribution in [0, 0.1) is 0 Å². The molecule has 0 fully saturated rings. The van der Waals surface area contributed by atoms with Crippen molar-refractivity contribution in [3.05, 3.63) is 133 Å². The maximum atomic E-state index is 6.84. The summed E-state index contributed by atoms with van der Waals surface area (Å²) in [5.74, 6) is 0.846. The van der Waals surface area contributed by atoms with Gasteiger partial charge in [0.15, 0.2) is 0 Å². The van der Waals surface area contributed by atoms with Gasteiger partial charge < -0.3 is 13.3 Å². The molecule has 10 aromatic rings. The molecule has 0 atom stereocenters. The molecule has 0 aliphatic carbocycles. The van der Waals surface area contributed by atoms with Gasteiger partial charge in [-0.1, -0.05) is 97.1 Å². The van der Waals surface area contributed by atoms with Crippen molar-refractivity contribution in [1.82, 2.24) is 0 Å². The zero-order valence-electron chi connectivity index (χ0n) is 22.9. The van der Waals surface area contributed by atoms with E-state index in [1.54, 1.807) is 0 Å². The quantitative estimate of drug-likeness (QED) is 0.201. The lowest BCUT2D eigenvalue weighted by Gasteiger charge is -2.17. The fourth-order valence-electron chi connectivity index (χ4n) is 7.10. The Kier molecular flexibility index (Phi) is 4.45. The second-order valence-electron chi connectivity index (χ2n) is 11.2. The fraction of sp³-hybridized carbons (Fsp3) is 0. The first-order valence-corrected chi connectivity index (χ1v) is 14.5. The SMILES string of the molecule is c1ccc2c(c1)oc1cccc(-c3c4ccccc4c(-c4cc5ccc6oc7ccccc7c6c5o4)c4ccccc34)c12. The number of hydrogen-bond acceptors (Lipinski definition) is 3. The summed E-state index contributed by atoms with van der Waals surface area (Å²) in [6, 6.07) is 46.5. The third-order valence-electron chi connectivity index (χ3n) is 8.87. The summed E-state index contributed by atoms with van der Waals surface area (Å²) in [5.41, 5.74) is 7.80. The van der Waals surface area contributed by atoms with Gasteiger partial charge in [-0.2, -0.15) is 0 Å². The molecule has 3 nitrogen and oxygen atoms in total. The summed E-state index contributed by atoms with van der Waals surface area (Å²) in [6.07, 6.45) is 0. The second kappa shape index (κ2) is 8.37. The van der Waals surface area contributed by atoms with E-state index in [-0.39, 0.29) is 0 Å². The van der Waals surface area contributed by atoms with Crippen LogP contribution in [0.15, 0.2) is 147 Å². The van der Waals surface area contributed by atoms with Crippen LogP contribution in [-0.2, 0) is 0 Å². The van der Waals surface area contributed by atoms with Crippen LogP contribution in [0.5, 0.6) is 0 Å². The van der Waals surface area contributed by atoms with E-state index in [0.29, 0.717) is 0 Å². The number of rotatable bonds is 2. The monoisotopic (exact) mass is 550 g/mol. The topological polar surface area (TPSA) is 39.4 Å². The van der Waals surface area contributed by atoms with E-state index in [4.69, 9.17) is 13.3 Å². The molecule has 0 spiro atoms. The van der Waals surface area contributed by atoms with Crippen molar-refractivity contribution in [3.8, 4) is 22.5 Å². The minimum atomic E-state index is 0.833. The summed E-state index contributed by atoms with van der Waals surface area (Å²) in [4.78, 5) is 0. The molecule has 10 rings (SSSR count). The zero-order valence-corrected chi connectivity index (χ0v) is 22.9. The summed E-state index contributed by atoms with van der Waals surface area (Å²) in [5, 5.41) is 10.0. The summed E-state index contributed by atoms with van der Waals surface area (Å²) < 4.78 is 19.3. The van der Waals surface area contributed by atoms with Crippen molar-refractivity contribution in [2.75, 3.05) is 0 Å². The van der Waals surface area contributed by atoms with Crippen LogP contribution in [0.2, 0.25) is 0 Å². The van der Waals surface area contributed by atoms with E-state index in [1.165, 1.54) is 16.3 Å². The molecule has 3 aromatic heterocycles. The Hall–Kier alpha value is -5.80. The van der Waals surface area contributed by atoms with E-state index < -0.39 is 0 Å². The smallest absolute Gasteiger partial charge is 0.146 e. The molecule has 200 valence electrons. The Morgan fingerprint density at radius 2 is 0.860 bits per heavy atom. The Morgan fingerprint density at radius 3 is 1.51 bits per heavy atom. The first-order valence-electron chi connectivity index (χ1n) is 14.5. The lowest BCUT2D eigenvalue weighted by atomic mass is 9.86. The predicted molar refractivity (Wildman–Crippen MR) is 177 cm³/mol. The van der Waals surface area contributed by atoms with Crippen LogP contribution in [0.1, 0.15) is 0 Å². The summed E-state index contributed by atoms with van der Waals surface area (Å²) >= 11 is 0. The Morgan fingerprint density at radius 1 is 0.349 bits per heavy atom. The lowest BCUT2D eigenvalue weighted by Crippen LogP contribution is -1.90. The van der Waals surface area contributed by atoms with Gasteiger partial charge in [0, 0.05) is 27.1 Å². The van der Waals surface area contributed by atoms with Gasteiger partial charge >= 0.3 is 0 Å². The highest BCUT2D eigenvalue weighted by atomic mass is 16.3. The van der Waals surface area contributed by atoms with Gasteiger partial charge in [-0.15, -0.1) is 0 Å². The van der Waals surface area contributed by atoms with Gasteiger partial charge in [0.05, 0.1) is 5.39 Å². The van der Waals surface area contributed by atoms with Gasteiger partial charge in [-0.05, 0) is 69.1 Å². The molecule has 0 aliphatic rings. The van der Waals surface area contributed by atoms with Crippen molar-refractivity contribution in [2.45, 2.75) is 0 Å². The standard InChI is InChI=1S/C40H22O3/c1-3-12-26-24(10-1)36(30-16-9-19-33-38(30)28-14-5-7-17-31(28)41-33)25-11-2-4-13-27(25)37(26)35-22-23-20-21-34-39(40(23)43-35)29-15-6-8-18-32(29)42-34/h1-22H. The minimum Gasteiger partial charge on any atom is -0.456 e. The van der Waals surface area contributed by atoms with Crippen LogP contribution in [0.4, 0.5) is 0 Å². The van der Waals surface area contributed by atoms with E-state index in [2.05, 4.69) is 97.1 Å². The third kappa shape index (κ3) is 3.08. The number of furan rings is 3. The van der Waals surface area contributed by atoms with E-state index >= 15 is 0 Å². The van der Waals surface area contributed by atoms with Crippen molar-refractivity contribution < 1.29 is 13.3 Å². The van der Waals surface area contributed by atoms with Crippen LogP contribution in [-0.4, -0.2) is 0 Å². The molecule has 0 aliphatic heterocycles. The maximum absolute atomic E-state index is 6.84. The Labute approximate surface area is 245 Å². The van der Waals surface area contributed by atoms with Crippen LogP contribution in [0.3, 0.4) is 0 Å². The molecule has 3 heterocycles. The highest BCUT2D eigenvalue weighted by Crippen LogP contribution is 2.48. The minimum absolute atomic E-state index is 0.833. The number of hydrogen-bond donors (Lipinski definition) is 0. The number of para-hydroxylation sites is 2. The van der Waals surface area contributed by atoms with Crippen molar-refractivity contribution in [3.63, 3.8) is 0 Å². The fourth-order valence-corrected chi connectivity index (χ4v) is 7.10. The average Bonchev–Trinajstić information content (AvgIpc) is 3.76. The summed E-state index contributed by atoms with van der Waals surface area (Å²) in [6.45, 7) is 0. The van der Waals surface area contributed by atoms with E-state index in [0.717, 1.165) is 82.5 Å². The molecule has 0 radical (unpaired) electrons. The molecule has 43 heavy (non-hydrogen) atoms. The van der Waals surface area contributed by atoms with E-state index in [1.807, 2.05) is 36.4 Å². The van der Waals surface area contributed by atoms with Crippen LogP contribution < -0.4 is 0 Å². The largest absolute Gasteiger partial charge is 0.456 e. The van der Waals surface area contributed by atoms with Gasteiger partial charge in [-0.3, -0.25) is 0 Å². The second-order valence-corrected chi connectivity index (χ2v) is 11.2. The van der Waals surface area contributed by atoms with Crippen LogP contribution >= 0.6 is 0 Å². The molecular weight excluding hydrogens is 528 g/mol. The van der Waals surface area contributed by atoms with Crippen molar-refractivity contribution >= 4 is 76.4 Å². The Balaban J connectivity index is 1.34. The molecule has 7 aromatic carbocycles. The third-order valence-corrected chi connectivity index (χ3v) is 8.87. The lowest BCUT2D eigenvalue weighted by molar-refractivity contribution is 0.635. The molecule has 0 saturated carbocycles. The first kappa shape index (κ1) is 22.8. The van der Waals surface area contributed by atoms with Crippen molar-refractivity contribution in [1.29, 1.82) is 0 Å².